The normalized spacial score (nSPS) is 11.4. The number of rotatable bonds is 4. The van der Waals surface area contributed by atoms with Gasteiger partial charge in [0.15, 0.2) is 0 Å². The second-order valence-electron chi connectivity index (χ2n) is 7.67. The highest BCUT2D eigenvalue weighted by Crippen LogP contribution is 2.37. The summed E-state index contributed by atoms with van der Waals surface area (Å²) >= 11 is 24.9. The number of carbonyl (C=O) groups excluding carboxylic acids is 1. The Morgan fingerprint density at radius 1 is 0.879 bits per heavy atom. The molecular formula is C26H15Cl4N2O. The molecule has 163 valence electrons. The van der Waals surface area contributed by atoms with Crippen LogP contribution in [-0.4, -0.2) is 10.5 Å². The topological polar surface area (TPSA) is 48.0 Å². The number of halogens is 4. The van der Waals surface area contributed by atoms with Gasteiger partial charge in [0, 0.05) is 38.5 Å². The summed E-state index contributed by atoms with van der Waals surface area (Å²) in [6, 6.07) is 23.7. The third kappa shape index (κ3) is 3.96. The molecular weight excluding hydrogens is 498 g/mol. The molecule has 0 spiro atoms. The lowest BCUT2D eigenvalue weighted by Gasteiger charge is -2.10. The lowest BCUT2D eigenvalue weighted by atomic mass is 10.0. The quantitative estimate of drug-likeness (QED) is 0.260. The number of amides is 1. The monoisotopic (exact) mass is 511 g/mol. The Morgan fingerprint density at radius 2 is 1.70 bits per heavy atom. The van der Waals surface area contributed by atoms with Gasteiger partial charge in [-0.2, -0.15) is 0 Å². The van der Waals surface area contributed by atoms with E-state index in [1.807, 2.05) is 42.5 Å². The zero-order valence-corrected chi connectivity index (χ0v) is 20.0. The third-order valence-corrected chi connectivity index (χ3v) is 6.91. The van der Waals surface area contributed by atoms with Crippen molar-refractivity contribution in [2.75, 3.05) is 0 Å². The molecule has 0 saturated heterocycles. The molecule has 5 aromatic rings. The van der Waals surface area contributed by atoms with Crippen molar-refractivity contribution in [3.05, 3.63) is 104 Å². The van der Waals surface area contributed by atoms with E-state index in [0.717, 1.165) is 38.5 Å². The predicted molar refractivity (Wildman–Crippen MR) is 138 cm³/mol. The van der Waals surface area contributed by atoms with Gasteiger partial charge in [0.2, 0.25) is 5.91 Å². The van der Waals surface area contributed by atoms with Crippen molar-refractivity contribution in [3.8, 4) is 11.1 Å². The van der Waals surface area contributed by atoms with Crippen LogP contribution >= 0.6 is 46.4 Å². The van der Waals surface area contributed by atoms with Crippen LogP contribution in [0.2, 0.25) is 20.1 Å². The Hall–Kier alpha value is -2.69. The number of hydrogen-bond donors (Lipinski definition) is 1. The molecule has 1 radical (unpaired) electrons. The minimum atomic E-state index is -0.493. The van der Waals surface area contributed by atoms with Crippen LogP contribution in [0.15, 0.2) is 66.7 Å². The van der Waals surface area contributed by atoms with Gasteiger partial charge in [0.25, 0.3) is 0 Å². The highest BCUT2D eigenvalue weighted by atomic mass is 35.5. The number of nitrogens with two attached hydrogens (primary N) is 1. The molecule has 4 aromatic carbocycles. The first kappa shape index (κ1) is 22.1. The summed E-state index contributed by atoms with van der Waals surface area (Å²) in [5, 5.41) is 3.63. The summed E-state index contributed by atoms with van der Waals surface area (Å²) in [6.07, 6.45) is 0. The fraction of sp³-hybridized carbons (Fsp3) is 0.0385. The minimum absolute atomic E-state index is 0.443. The fourth-order valence-electron chi connectivity index (χ4n) is 4.13. The van der Waals surface area contributed by atoms with Crippen LogP contribution in [0.1, 0.15) is 15.9 Å². The lowest BCUT2D eigenvalue weighted by Crippen LogP contribution is -2.11. The zero-order chi connectivity index (χ0) is 23.3. The summed E-state index contributed by atoms with van der Waals surface area (Å²) < 4.78 is 2.11. The van der Waals surface area contributed by atoms with Gasteiger partial charge in [-0.25, -0.2) is 0 Å². The van der Waals surface area contributed by atoms with Crippen molar-refractivity contribution < 1.29 is 4.79 Å². The third-order valence-electron chi connectivity index (χ3n) is 5.63. The molecule has 1 aromatic heterocycles. The maximum absolute atomic E-state index is 12.2. The Kier molecular flexibility index (Phi) is 5.75. The van der Waals surface area contributed by atoms with Gasteiger partial charge in [0.05, 0.1) is 21.1 Å². The van der Waals surface area contributed by atoms with Gasteiger partial charge in [-0.05, 0) is 65.7 Å². The van der Waals surface area contributed by atoms with E-state index in [1.165, 1.54) is 0 Å². The average Bonchev–Trinajstić information content (AvgIpc) is 3.09. The molecule has 0 aliphatic heterocycles. The van der Waals surface area contributed by atoms with Gasteiger partial charge in [-0.1, -0.05) is 64.6 Å². The number of aromatic nitrogens is 1. The number of nitrogens with zero attached hydrogens (tertiary/aromatic N) is 1. The van der Waals surface area contributed by atoms with E-state index >= 15 is 0 Å². The summed E-state index contributed by atoms with van der Waals surface area (Å²) in [7, 11) is 0. The van der Waals surface area contributed by atoms with Gasteiger partial charge < -0.3 is 10.3 Å². The molecule has 2 N–H and O–H groups in total. The molecule has 0 unspecified atom stereocenters. The van der Waals surface area contributed by atoms with E-state index in [4.69, 9.17) is 52.1 Å². The van der Waals surface area contributed by atoms with Crippen molar-refractivity contribution in [2.24, 2.45) is 5.73 Å². The van der Waals surface area contributed by atoms with Crippen LogP contribution in [0, 0.1) is 6.07 Å². The Labute approximate surface area is 210 Å². The van der Waals surface area contributed by atoms with Crippen LogP contribution in [0.4, 0.5) is 0 Å². The number of carbonyl (C=O) groups is 1. The molecule has 0 bridgehead atoms. The van der Waals surface area contributed by atoms with Crippen molar-refractivity contribution in [1.29, 1.82) is 0 Å². The molecule has 33 heavy (non-hydrogen) atoms. The van der Waals surface area contributed by atoms with E-state index in [9.17, 15) is 4.79 Å². The van der Waals surface area contributed by atoms with Crippen molar-refractivity contribution in [3.63, 3.8) is 0 Å². The fourth-order valence-corrected chi connectivity index (χ4v) is 4.97. The van der Waals surface area contributed by atoms with Crippen LogP contribution in [0.25, 0.3) is 32.9 Å². The van der Waals surface area contributed by atoms with Gasteiger partial charge in [0.1, 0.15) is 0 Å². The molecule has 0 aliphatic rings. The molecule has 0 saturated carbocycles. The van der Waals surface area contributed by atoms with Crippen LogP contribution in [0.5, 0.6) is 0 Å². The second kappa shape index (κ2) is 8.58. The van der Waals surface area contributed by atoms with Gasteiger partial charge in [-0.15, -0.1) is 0 Å². The molecule has 1 heterocycles. The zero-order valence-electron chi connectivity index (χ0n) is 17.0. The van der Waals surface area contributed by atoms with E-state index in [2.05, 4.69) is 10.6 Å². The first-order valence-corrected chi connectivity index (χ1v) is 11.5. The van der Waals surface area contributed by atoms with Gasteiger partial charge in [-0.3, -0.25) is 4.79 Å². The van der Waals surface area contributed by atoms with E-state index < -0.39 is 5.91 Å². The maximum Gasteiger partial charge on any atom is 0.249 e. The maximum atomic E-state index is 12.2. The predicted octanol–water partition coefficient (Wildman–Crippen LogP) is 8.02. The smallest absolute Gasteiger partial charge is 0.249 e. The first-order chi connectivity index (χ1) is 15.8. The van der Waals surface area contributed by atoms with E-state index in [1.54, 1.807) is 24.3 Å². The van der Waals surface area contributed by atoms with E-state index in [-0.39, 0.29) is 0 Å². The molecule has 3 nitrogen and oxygen atoms in total. The minimum Gasteiger partial charge on any atom is -0.366 e. The molecule has 1 amide bonds. The van der Waals surface area contributed by atoms with Crippen molar-refractivity contribution in [1.82, 2.24) is 4.57 Å². The average molecular weight is 513 g/mol. The van der Waals surface area contributed by atoms with Crippen molar-refractivity contribution >= 4 is 74.1 Å². The molecule has 0 fully saturated rings. The number of hydrogen-bond acceptors (Lipinski definition) is 1. The summed E-state index contributed by atoms with van der Waals surface area (Å²) in [5.41, 5.74) is 10.6. The SMILES string of the molecule is NC(=O)c1cccc2c1c1[c]cc(-c3ccc(Cl)cc3Cl)cc1n2Cc1ccc(Cl)c(Cl)c1. The largest absolute Gasteiger partial charge is 0.366 e. The summed E-state index contributed by atoms with van der Waals surface area (Å²) in [4.78, 5) is 12.2. The van der Waals surface area contributed by atoms with Gasteiger partial charge >= 0.3 is 0 Å². The Bertz CT molecular complexity index is 1570. The highest BCUT2D eigenvalue weighted by Gasteiger charge is 2.18. The first-order valence-electron chi connectivity index (χ1n) is 9.99. The highest BCUT2D eigenvalue weighted by molar-refractivity contribution is 6.42. The molecule has 0 aliphatic carbocycles. The summed E-state index contributed by atoms with van der Waals surface area (Å²) in [6.45, 7) is 0.505. The number of benzene rings is 4. The molecule has 0 atom stereocenters. The lowest BCUT2D eigenvalue weighted by molar-refractivity contribution is 0.100. The number of primary amides is 1. The number of fused-ring (bicyclic) bond motifs is 3. The van der Waals surface area contributed by atoms with E-state index in [0.29, 0.717) is 32.2 Å². The van der Waals surface area contributed by atoms with Crippen LogP contribution in [0.3, 0.4) is 0 Å². The molecule has 7 heteroatoms. The van der Waals surface area contributed by atoms with Crippen molar-refractivity contribution in [2.45, 2.75) is 6.54 Å². The molecule has 5 rings (SSSR count). The summed E-state index contributed by atoms with van der Waals surface area (Å²) in [5.74, 6) is -0.493. The standard InChI is InChI=1S/C26H15Cl4N2O/c27-16-6-8-17(21(29)12-16)15-5-7-18-24(11-15)32(13-14-4-9-20(28)22(30)10-14)23-3-1-2-19(25(18)23)26(31)33/h1-6,8-12H,13H2,(H2,31,33). The van der Waals surface area contributed by atoms with Crippen LogP contribution < -0.4 is 5.73 Å². The van der Waals surface area contributed by atoms with Crippen LogP contribution in [-0.2, 0) is 6.54 Å². The second-order valence-corrected chi connectivity index (χ2v) is 9.33. The Balaban J connectivity index is 1.80. The Morgan fingerprint density at radius 3 is 2.42 bits per heavy atom.